The third-order valence-corrected chi connectivity index (χ3v) is 1.80. The van der Waals surface area contributed by atoms with E-state index in [1.807, 2.05) is 13.8 Å². The summed E-state index contributed by atoms with van der Waals surface area (Å²) in [6, 6.07) is -0.553. The van der Waals surface area contributed by atoms with Crippen LogP contribution in [0.2, 0.25) is 0 Å². The lowest BCUT2D eigenvalue weighted by Crippen LogP contribution is -2.35. The fourth-order valence-corrected chi connectivity index (χ4v) is 0.885. The van der Waals surface area contributed by atoms with Crippen molar-refractivity contribution in [1.29, 1.82) is 0 Å². The third-order valence-electron chi connectivity index (χ3n) is 1.80. The molecule has 3 nitrogen and oxygen atoms in total. The predicted molar refractivity (Wildman–Crippen MR) is 48.6 cm³/mol. The van der Waals surface area contributed by atoms with Crippen LogP contribution in [0.5, 0.6) is 0 Å². The quantitative estimate of drug-likeness (QED) is 0.509. The molecule has 70 valence electrons. The molecule has 0 spiro atoms. The SMILES string of the molecule is C=CC(C)(C)CC(N)C(=O)OC. The molecule has 12 heavy (non-hydrogen) atoms. The Hall–Kier alpha value is -0.830. The zero-order valence-electron chi connectivity index (χ0n) is 7.96. The molecule has 0 aliphatic rings. The molecule has 0 amide bonds. The molecule has 0 fully saturated rings. The molecular weight excluding hydrogens is 154 g/mol. The molecule has 0 saturated carbocycles. The zero-order valence-corrected chi connectivity index (χ0v) is 7.96. The van der Waals surface area contributed by atoms with Crippen LogP contribution in [-0.2, 0) is 9.53 Å². The van der Waals surface area contributed by atoms with Crippen molar-refractivity contribution in [3.63, 3.8) is 0 Å². The van der Waals surface area contributed by atoms with Crippen molar-refractivity contribution >= 4 is 5.97 Å². The molecule has 1 unspecified atom stereocenters. The molecule has 0 rings (SSSR count). The van der Waals surface area contributed by atoms with E-state index in [1.54, 1.807) is 6.08 Å². The van der Waals surface area contributed by atoms with Crippen LogP contribution in [0.15, 0.2) is 12.7 Å². The highest BCUT2D eigenvalue weighted by molar-refractivity contribution is 5.75. The van der Waals surface area contributed by atoms with Gasteiger partial charge in [0, 0.05) is 0 Å². The predicted octanol–water partition coefficient (Wildman–Crippen LogP) is 1.09. The van der Waals surface area contributed by atoms with Crippen molar-refractivity contribution < 1.29 is 9.53 Å². The van der Waals surface area contributed by atoms with Gasteiger partial charge in [-0.15, -0.1) is 6.58 Å². The molecule has 3 heteroatoms. The lowest BCUT2D eigenvalue weighted by atomic mass is 9.86. The van der Waals surface area contributed by atoms with Crippen LogP contribution in [0.3, 0.4) is 0 Å². The Balaban J connectivity index is 4.08. The highest BCUT2D eigenvalue weighted by Crippen LogP contribution is 2.22. The molecule has 0 aliphatic heterocycles. The van der Waals surface area contributed by atoms with Gasteiger partial charge in [0.1, 0.15) is 6.04 Å². The van der Waals surface area contributed by atoms with Gasteiger partial charge < -0.3 is 10.5 Å². The second-order valence-corrected chi connectivity index (χ2v) is 3.53. The van der Waals surface area contributed by atoms with Crippen molar-refractivity contribution in [2.45, 2.75) is 26.3 Å². The summed E-state index contributed by atoms with van der Waals surface area (Å²) in [5, 5.41) is 0. The van der Waals surface area contributed by atoms with Gasteiger partial charge in [0.05, 0.1) is 7.11 Å². The number of hydrogen-bond donors (Lipinski definition) is 1. The molecule has 0 aromatic rings. The minimum absolute atomic E-state index is 0.117. The largest absolute Gasteiger partial charge is 0.468 e. The number of nitrogens with two attached hydrogens (primary N) is 1. The second kappa shape index (κ2) is 4.26. The zero-order chi connectivity index (χ0) is 9.78. The molecule has 0 aromatic carbocycles. The Morgan fingerprint density at radius 2 is 2.25 bits per heavy atom. The maximum atomic E-state index is 10.9. The summed E-state index contributed by atoms with van der Waals surface area (Å²) >= 11 is 0. The van der Waals surface area contributed by atoms with E-state index in [-0.39, 0.29) is 11.4 Å². The summed E-state index contributed by atoms with van der Waals surface area (Å²) in [5.74, 6) is -0.370. The van der Waals surface area contributed by atoms with Gasteiger partial charge in [0.25, 0.3) is 0 Å². The van der Waals surface area contributed by atoms with Crippen molar-refractivity contribution in [2.75, 3.05) is 7.11 Å². The molecule has 0 heterocycles. The average Bonchev–Trinajstić information content (AvgIpc) is 2.02. The van der Waals surface area contributed by atoms with Crippen molar-refractivity contribution in [3.8, 4) is 0 Å². The van der Waals surface area contributed by atoms with Crippen LogP contribution in [0.25, 0.3) is 0 Å². The Bertz CT molecular complexity index is 175. The van der Waals surface area contributed by atoms with E-state index in [9.17, 15) is 4.79 Å². The number of esters is 1. The van der Waals surface area contributed by atoms with E-state index >= 15 is 0 Å². The monoisotopic (exact) mass is 171 g/mol. The third kappa shape index (κ3) is 3.53. The molecule has 0 saturated heterocycles. The van der Waals surface area contributed by atoms with Crippen LogP contribution in [0, 0.1) is 5.41 Å². The van der Waals surface area contributed by atoms with Crippen LogP contribution < -0.4 is 5.73 Å². The molecule has 2 N–H and O–H groups in total. The molecule has 0 aromatic heterocycles. The first kappa shape index (κ1) is 11.2. The van der Waals surface area contributed by atoms with Gasteiger partial charge in [0.15, 0.2) is 0 Å². The second-order valence-electron chi connectivity index (χ2n) is 3.53. The van der Waals surface area contributed by atoms with Crippen molar-refractivity contribution in [1.82, 2.24) is 0 Å². The van der Waals surface area contributed by atoms with Gasteiger partial charge in [-0.05, 0) is 11.8 Å². The Labute approximate surface area is 73.6 Å². The van der Waals surface area contributed by atoms with Crippen molar-refractivity contribution in [2.24, 2.45) is 11.1 Å². The number of allylic oxidation sites excluding steroid dienone is 1. The van der Waals surface area contributed by atoms with E-state index in [4.69, 9.17) is 5.73 Å². The summed E-state index contributed by atoms with van der Waals surface area (Å²) in [5.41, 5.74) is 5.45. The number of carbonyl (C=O) groups excluding carboxylic acids is 1. The fourth-order valence-electron chi connectivity index (χ4n) is 0.885. The summed E-state index contributed by atoms with van der Waals surface area (Å²) in [4.78, 5) is 10.9. The summed E-state index contributed by atoms with van der Waals surface area (Å²) in [6.45, 7) is 7.61. The molecular formula is C9H17NO2. The topological polar surface area (TPSA) is 52.3 Å². The number of ether oxygens (including phenoxy) is 1. The van der Waals surface area contributed by atoms with Crippen LogP contribution in [-0.4, -0.2) is 19.1 Å². The summed E-state index contributed by atoms with van der Waals surface area (Å²) in [6.07, 6.45) is 2.35. The van der Waals surface area contributed by atoms with E-state index in [0.29, 0.717) is 6.42 Å². The van der Waals surface area contributed by atoms with Gasteiger partial charge in [-0.25, -0.2) is 0 Å². The maximum Gasteiger partial charge on any atom is 0.322 e. The first-order chi connectivity index (χ1) is 5.43. The van der Waals surface area contributed by atoms with Gasteiger partial charge in [-0.2, -0.15) is 0 Å². The lowest BCUT2D eigenvalue weighted by molar-refractivity contribution is -0.142. The normalized spacial score (nSPS) is 13.7. The average molecular weight is 171 g/mol. The minimum Gasteiger partial charge on any atom is -0.468 e. The van der Waals surface area contributed by atoms with E-state index < -0.39 is 6.04 Å². The standard InChI is InChI=1S/C9H17NO2/c1-5-9(2,3)6-7(10)8(11)12-4/h5,7H,1,6,10H2,2-4H3. The number of carbonyl (C=O) groups is 1. The van der Waals surface area contributed by atoms with E-state index in [1.165, 1.54) is 7.11 Å². The Morgan fingerprint density at radius 1 is 1.75 bits per heavy atom. The lowest BCUT2D eigenvalue weighted by Gasteiger charge is -2.22. The van der Waals surface area contributed by atoms with Gasteiger partial charge in [0.2, 0.25) is 0 Å². The van der Waals surface area contributed by atoms with Crippen LogP contribution >= 0.6 is 0 Å². The van der Waals surface area contributed by atoms with Crippen LogP contribution in [0.4, 0.5) is 0 Å². The minimum atomic E-state index is -0.553. The molecule has 0 bridgehead atoms. The number of methoxy groups -OCH3 is 1. The summed E-state index contributed by atoms with van der Waals surface area (Å²) < 4.78 is 4.50. The highest BCUT2D eigenvalue weighted by Gasteiger charge is 2.22. The fraction of sp³-hybridized carbons (Fsp3) is 0.667. The molecule has 0 radical (unpaired) electrons. The molecule has 1 atom stereocenters. The maximum absolute atomic E-state index is 10.9. The van der Waals surface area contributed by atoms with Crippen LogP contribution in [0.1, 0.15) is 20.3 Å². The Kier molecular flexibility index (Phi) is 3.96. The highest BCUT2D eigenvalue weighted by atomic mass is 16.5. The first-order valence-electron chi connectivity index (χ1n) is 3.90. The number of hydrogen-bond acceptors (Lipinski definition) is 3. The van der Waals surface area contributed by atoms with E-state index in [2.05, 4.69) is 11.3 Å². The van der Waals surface area contributed by atoms with E-state index in [0.717, 1.165) is 0 Å². The van der Waals surface area contributed by atoms with Gasteiger partial charge >= 0.3 is 5.97 Å². The molecule has 0 aliphatic carbocycles. The van der Waals surface area contributed by atoms with Crippen molar-refractivity contribution in [3.05, 3.63) is 12.7 Å². The van der Waals surface area contributed by atoms with Gasteiger partial charge in [-0.3, -0.25) is 4.79 Å². The Morgan fingerprint density at radius 3 is 2.58 bits per heavy atom. The first-order valence-corrected chi connectivity index (χ1v) is 3.90. The smallest absolute Gasteiger partial charge is 0.322 e. The summed E-state index contributed by atoms with van der Waals surface area (Å²) in [7, 11) is 1.34. The van der Waals surface area contributed by atoms with Gasteiger partial charge in [-0.1, -0.05) is 19.9 Å². The number of rotatable bonds is 4.